The third-order valence-corrected chi connectivity index (χ3v) is 6.16. The van der Waals surface area contributed by atoms with Crippen molar-refractivity contribution in [1.82, 2.24) is 15.0 Å². The number of aromatic hydroxyl groups is 1. The van der Waals surface area contributed by atoms with Crippen LogP contribution in [-0.4, -0.2) is 39.3 Å². The Bertz CT molecular complexity index is 1420. The first-order chi connectivity index (χ1) is 17.4. The van der Waals surface area contributed by atoms with Gasteiger partial charge in [0.1, 0.15) is 36.2 Å². The van der Waals surface area contributed by atoms with Crippen molar-refractivity contribution < 1.29 is 24.2 Å². The van der Waals surface area contributed by atoms with E-state index in [-0.39, 0.29) is 28.6 Å². The molecule has 3 aromatic carbocycles. The Morgan fingerprint density at radius 3 is 2.44 bits per heavy atom. The number of aldehydes is 2. The highest BCUT2D eigenvalue weighted by molar-refractivity contribution is 6.32. The van der Waals surface area contributed by atoms with Crippen molar-refractivity contribution in [2.75, 3.05) is 6.61 Å². The SMILES string of the molecule is Cc1c(COc2cc(O)c(C=O)cc2Cl)cccc1-c1cccc(OCCn2cc(C=O)nn2)c1C. The molecule has 9 heteroatoms. The summed E-state index contributed by atoms with van der Waals surface area (Å²) >= 11 is 6.21. The summed E-state index contributed by atoms with van der Waals surface area (Å²) in [4.78, 5) is 21.8. The lowest BCUT2D eigenvalue weighted by Crippen LogP contribution is -2.09. The highest BCUT2D eigenvalue weighted by Crippen LogP contribution is 2.35. The quantitative estimate of drug-likeness (QED) is 0.295. The highest BCUT2D eigenvalue weighted by Gasteiger charge is 2.14. The molecule has 1 N–H and O–H groups in total. The molecule has 0 saturated carbocycles. The topological polar surface area (TPSA) is 104 Å². The number of phenols is 1. The predicted molar refractivity (Wildman–Crippen MR) is 135 cm³/mol. The van der Waals surface area contributed by atoms with Crippen molar-refractivity contribution in [1.29, 1.82) is 0 Å². The van der Waals surface area contributed by atoms with Gasteiger partial charge >= 0.3 is 0 Å². The van der Waals surface area contributed by atoms with Gasteiger partial charge in [0.15, 0.2) is 12.6 Å². The van der Waals surface area contributed by atoms with Crippen molar-refractivity contribution in [3.63, 3.8) is 0 Å². The summed E-state index contributed by atoms with van der Waals surface area (Å²) in [7, 11) is 0. The molecule has 1 heterocycles. The molecule has 4 rings (SSSR count). The fraction of sp³-hybridized carbons (Fsp3) is 0.185. The van der Waals surface area contributed by atoms with Crippen LogP contribution in [0.25, 0.3) is 11.1 Å². The number of aromatic nitrogens is 3. The zero-order valence-electron chi connectivity index (χ0n) is 19.8. The highest BCUT2D eigenvalue weighted by atomic mass is 35.5. The Balaban J connectivity index is 1.50. The van der Waals surface area contributed by atoms with Gasteiger partial charge in [0.05, 0.1) is 23.3 Å². The summed E-state index contributed by atoms with van der Waals surface area (Å²) in [5, 5.41) is 17.8. The van der Waals surface area contributed by atoms with Crippen molar-refractivity contribution in [3.8, 4) is 28.4 Å². The van der Waals surface area contributed by atoms with Crippen molar-refractivity contribution >= 4 is 24.2 Å². The van der Waals surface area contributed by atoms with Gasteiger partial charge in [-0.15, -0.1) is 5.10 Å². The molecule has 0 aliphatic carbocycles. The molecule has 0 fully saturated rings. The second-order valence-corrected chi connectivity index (χ2v) is 8.55. The van der Waals surface area contributed by atoms with E-state index in [9.17, 15) is 14.7 Å². The van der Waals surface area contributed by atoms with E-state index in [0.29, 0.717) is 31.5 Å². The summed E-state index contributed by atoms with van der Waals surface area (Å²) in [6, 6.07) is 14.6. The molecule has 8 nitrogen and oxygen atoms in total. The Kier molecular flexibility index (Phi) is 7.65. The van der Waals surface area contributed by atoms with E-state index < -0.39 is 0 Å². The Labute approximate surface area is 213 Å². The van der Waals surface area contributed by atoms with Crippen LogP contribution in [0.5, 0.6) is 17.2 Å². The molecule has 0 saturated heterocycles. The first-order valence-corrected chi connectivity index (χ1v) is 11.6. The third-order valence-electron chi connectivity index (χ3n) is 5.87. The number of rotatable bonds is 10. The molecule has 1 aromatic heterocycles. The van der Waals surface area contributed by atoms with Crippen LogP contribution in [0.1, 0.15) is 37.5 Å². The normalized spacial score (nSPS) is 10.8. The van der Waals surface area contributed by atoms with E-state index in [2.05, 4.69) is 10.3 Å². The lowest BCUT2D eigenvalue weighted by molar-refractivity contribution is 0.111. The minimum Gasteiger partial charge on any atom is -0.507 e. The smallest absolute Gasteiger partial charge is 0.171 e. The van der Waals surface area contributed by atoms with Gasteiger partial charge in [-0.05, 0) is 53.8 Å². The van der Waals surface area contributed by atoms with E-state index in [1.54, 1.807) is 10.9 Å². The largest absolute Gasteiger partial charge is 0.507 e. The second-order valence-electron chi connectivity index (χ2n) is 8.14. The summed E-state index contributed by atoms with van der Waals surface area (Å²) in [5.41, 5.74) is 5.43. The van der Waals surface area contributed by atoms with Gasteiger partial charge < -0.3 is 14.6 Å². The first-order valence-electron chi connectivity index (χ1n) is 11.2. The van der Waals surface area contributed by atoms with Gasteiger partial charge in [-0.2, -0.15) is 0 Å². The summed E-state index contributed by atoms with van der Waals surface area (Å²) < 4.78 is 13.4. The van der Waals surface area contributed by atoms with Crippen LogP contribution in [0.15, 0.2) is 54.7 Å². The minimum atomic E-state index is -0.185. The Morgan fingerprint density at radius 1 is 0.972 bits per heavy atom. The molecule has 0 spiro atoms. The predicted octanol–water partition coefficient (Wildman–Crippen LogP) is 5.20. The summed E-state index contributed by atoms with van der Waals surface area (Å²) in [5.74, 6) is 0.862. The molecular formula is C27H24ClN3O5. The first kappa shape index (κ1) is 24.9. The maximum absolute atomic E-state index is 11.0. The zero-order chi connectivity index (χ0) is 25.7. The van der Waals surface area contributed by atoms with Crippen molar-refractivity contribution in [2.24, 2.45) is 0 Å². The van der Waals surface area contributed by atoms with Gasteiger partial charge in [-0.1, -0.05) is 47.1 Å². The average Bonchev–Trinajstić information content (AvgIpc) is 3.34. The van der Waals surface area contributed by atoms with Crippen LogP contribution in [0.3, 0.4) is 0 Å². The van der Waals surface area contributed by atoms with Crippen LogP contribution in [0.2, 0.25) is 5.02 Å². The monoisotopic (exact) mass is 505 g/mol. The number of ether oxygens (including phenoxy) is 2. The van der Waals surface area contributed by atoms with Crippen LogP contribution in [-0.2, 0) is 13.2 Å². The number of hydrogen-bond acceptors (Lipinski definition) is 7. The summed E-state index contributed by atoms with van der Waals surface area (Å²) in [6.45, 7) is 5.09. The zero-order valence-corrected chi connectivity index (χ0v) is 20.5. The molecule has 0 unspecified atom stereocenters. The molecule has 184 valence electrons. The number of carbonyl (C=O) groups is 2. The van der Waals surface area contributed by atoms with Gasteiger partial charge in [0, 0.05) is 6.07 Å². The molecule has 0 aliphatic rings. The van der Waals surface area contributed by atoms with E-state index >= 15 is 0 Å². The van der Waals surface area contributed by atoms with Crippen LogP contribution in [0.4, 0.5) is 0 Å². The van der Waals surface area contributed by atoms with Crippen molar-refractivity contribution in [2.45, 2.75) is 27.0 Å². The lowest BCUT2D eigenvalue weighted by atomic mass is 9.93. The number of phenolic OH excluding ortho intramolecular Hbond substituents is 1. The van der Waals surface area contributed by atoms with E-state index in [1.165, 1.54) is 12.1 Å². The molecule has 36 heavy (non-hydrogen) atoms. The Morgan fingerprint density at radius 2 is 1.72 bits per heavy atom. The maximum Gasteiger partial charge on any atom is 0.171 e. The Hall–Kier alpha value is -4.17. The maximum atomic E-state index is 11.0. The van der Waals surface area contributed by atoms with E-state index in [4.69, 9.17) is 21.1 Å². The molecule has 0 radical (unpaired) electrons. The average molecular weight is 506 g/mol. The fourth-order valence-corrected chi connectivity index (χ4v) is 4.07. The third kappa shape index (κ3) is 5.39. The number of nitrogens with zero attached hydrogens (tertiary/aromatic N) is 3. The molecule has 0 amide bonds. The minimum absolute atomic E-state index is 0.107. The van der Waals surface area contributed by atoms with Crippen LogP contribution < -0.4 is 9.47 Å². The molecule has 0 bridgehead atoms. The number of hydrogen-bond donors (Lipinski definition) is 1. The van der Waals surface area contributed by atoms with E-state index in [0.717, 1.165) is 33.6 Å². The van der Waals surface area contributed by atoms with Gasteiger partial charge in [0.2, 0.25) is 0 Å². The van der Waals surface area contributed by atoms with Crippen LogP contribution >= 0.6 is 11.6 Å². The molecule has 0 atom stereocenters. The van der Waals surface area contributed by atoms with Gasteiger partial charge in [-0.3, -0.25) is 9.59 Å². The molecule has 0 aliphatic heterocycles. The fourth-order valence-electron chi connectivity index (χ4n) is 3.84. The standard InChI is InChI=1S/C27H24ClN3O5/c1-17-19(16-36-27-12-25(34)20(14-32)11-24(27)28)5-3-6-22(17)23-7-4-8-26(18(23)2)35-10-9-31-13-21(15-33)29-30-31/h3-8,11-15,34H,9-10,16H2,1-2H3. The summed E-state index contributed by atoms with van der Waals surface area (Å²) in [6.07, 6.45) is 2.76. The van der Waals surface area contributed by atoms with Crippen LogP contribution in [0, 0.1) is 13.8 Å². The lowest BCUT2D eigenvalue weighted by Gasteiger charge is -2.17. The number of benzene rings is 3. The second kappa shape index (κ2) is 11.0. The number of carbonyl (C=O) groups excluding carboxylic acids is 2. The molecule has 4 aromatic rings. The number of halogens is 1. The molecular weight excluding hydrogens is 482 g/mol. The van der Waals surface area contributed by atoms with Gasteiger partial charge in [0.25, 0.3) is 0 Å². The van der Waals surface area contributed by atoms with Gasteiger partial charge in [-0.25, -0.2) is 4.68 Å². The van der Waals surface area contributed by atoms with Crippen molar-refractivity contribution in [3.05, 3.63) is 87.7 Å². The van der Waals surface area contributed by atoms with E-state index in [1.807, 2.05) is 50.2 Å².